The van der Waals surface area contributed by atoms with Gasteiger partial charge in [0.1, 0.15) is 23.9 Å². The van der Waals surface area contributed by atoms with Crippen molar-refractivity contribution in [1.29, 1.82) is 5.53 Å². The number of methoxy groups -OCH3 is 1. The Bertz CT molecular complexity index is 1240. The number of aliphatic carboxylic acids is 1. The molecule has 37 heavy (non-hydrogen) atoms. The average Bonchev–Trinajstić information content (AvgIpc) is 3.65. The molecular formula is C28H33FN4O4. The first kappa shape index (κ1) is 26.3. The van der Waals surface area contributed by atoms with Gasteiger partial charge >= 0.3 is 5.97 Å². The smallest absolute Gasteiger partial charge is 0.303 e. The Morgan fingerprint density at radius 3 is 2.73 bits per heavy atom. The Balaban J connectivity index is 1.63. The highest BCUT2D eigenvalue weighted by Crippen LogP contribution is 2.45. The SMILES string of the molecule is COc1ccc(F)c(N/C(C2=CCCC2(C)C)=C(/COc2cc(C(CC(=O)O)C3CC3)ccn2)N=N)c1. The van der Waals surface area contributed by atoms with Gasteiger partial charge in [-0.05, 0) is 72.3 Å². The topological polar surface area (TPSA) is 117 Å². The van der Waals surface area contributed by atoms with Gasteiger partial charge in [0.2, 0.25) is 5.88 Å². The van der Waals surface area contributed by atoms with Crippen molar-refractivity contribution in [2.24, 2.45) is 16.4 Å². The van der Waals surface area contributed by atoms with E-state index < -0.39 is 11.8 Å². The Morgan fingerprint density at radius 1 is 1.32 bits per heavy atom. The fourth-order valence-corrected chi connectivity index (χ4v) is 4.87. The molecule has 4 rings (SSSR count). The van der Waals surface area contributed by atoms with Crippen LogP contribution >= 0.6 is 0 Å². The first-order valence-electron chi connectivity index (χ1n) is 12.4. The third-order valence-electron chi connectivity index (χ3n) is 7.10. The molecule has 1 aromatic heterocycles. The summed E-state index contributed by atoms with van der Waals surface area (Å²) in [7, 11) is 1.51. The van der Waals surface area contributed by atoms with E-state index in [1.165, 1.54) is 13.2 Å². The second-order valence-electron chi connectivity index (χ2n) is 10.2. The summed E-state index contributed by atoms with van der Waals surface area (Å²) in [6.45, 7) is 4.13. The van der Waals surface area contributed by atoms with Gasteiger partial charge in [0.15, 0.2) is 0 Å². The maximum absolute atomic E-state index is 14.7. The van der Waals surface area contributed by atoms with Gasteiger partial charge in [-0.3, -0.25) is 4.79 Å². The van der Waals surface area contributed by atoms with Gasteiger partial charge in [-0.1, -0.05) is 19.9 Å². The van der Waals surface area contributed by atoms with Crippen molar-refractivity contribution in [2.45, 2.75) is 51.9 Å². The predicted molar refractivity (Wildman–Crippen MR) is 137 cm³/mol. The van der Waals surface area contributed by atoms with Crippen molar-refractivity contribution in [3.8, 4) is 11.6 Å². The van der Waals surface area contributed by atoms with Crippen LogP contribution in [-0.2, 0) is 4.79 Å². The number of carbonyl (C=O) groups is 1. The summed E-state index contributed by atoms with van der Waals surface area (Å²) in [6.07, 6.45) is 7.55. The van der Waals surface area contributed by atoms with Crippen LogP contribution in [0.25, 0.3) is 0 Å². The minimum atomic E-state index is -0.831. The van der Waals surface area contributed by atoms with Gasteiger partial charge in [-0.2, -0.15) is 5.11 Å². The van der Waals surface area contributed by atoms with Crippen molar-refractivity contribution in [1.82, 2.24) is 4.98 Å². The summed E-state index contributed by atoms with van der Waals surface area (Å²) in [5.74, 6) is -0.204. The third-order valence-corrected chi connectivity index (χ3v) is 7.10. The summed E-state index contributed by atoms with van der Waals surface area (Å²) in [5, 5.41) is 16.3. The van der Waals surface area contributed by atoms with Crippen molar-refractivity contribution < 1.29 is 23.8 Å². The summed E-state index contributed by atoms with van der Waals surface area (Å²) >= 11 is 0. The number of halogens is 1. The minimum Gasteiger partial charge on any atom is -0.497 e. The lowest BCUT2D eigenvalue weighted by Crippen LogP contribution is -2.19. The molecule has 1 saturated carbocycles. The second kappa shape index (κ2) is 11.1. The molecule has 1 heterocycles. The van der Waals surface area contributed by atoms with Crippen molar-refractivity contribution >= 4 is 11.7 Å². The van der Waals surface area contributed by atoms with Gasteiger partial charge in [-0.15, -0.1) is 0 Å². The third kappa shape index (κ3) is 6.34. The molecule has 0 radical (unpaired) electrons. The van der Waals surface area contributed by atoms with E-state index in [2.05, 4.69) is 35.3 Å². The Labute approximate surface area is 216 Å². The molecule has 0 saturated heterocycles. The Hall–Kier alpha value is -3.75. The zero-order chi connectivity index (χ0) is 26.6. The van der Waals surface area contributed by atoms with Crippen molar-refractivity contribution in [2.75, 3.05) is 19.0 Å². The number of nitrogens with one attached hydrogen (secondary N) is 2. The number of carboxylic acid groups (broad SMARTS) is 1. The first-order chi connectivity index (χ1) is 17.7. The van der Waals surface area contributed by atoms with Crippen LogP contribution in [0, 0.1) is 22.7 Å². The second-order valence-corrected chi connectivity index (χ2v) is 10.2. The van der Waals surface area contributed by atoms with Crippen LogP contribution in [0.15, 0.2) is 64.7 Å². The number of nitrogens with zero attached hydrogens (tertiary/aromatic N) is 2. The van der Waals surface area contributed by atoms with Gasteiger partial charge in [0.05, 0.1) is 24.9 Å². The Kier molecular flexibility index (Phi) is 7.90. The fourth-order valence-electron chi connectivity index (χ4n) is 4.87. The van der Waals surface area contributed by atoms with E-state index in [1.54, 1.807) is 24.4 Å². The molecule has 0 amide bonds. The lowest BCUT2D eigenvalue weighted by Gasteiger charge is -2.27. The molecule has 1 aromatic carbocycles. The van der Waals surface area contributed by atoms with E-state index >= 15 is 0 Å². The molecule has 2 aliphatic rings. The van der Waals surface area contributed by atoms with Crippen LogP contribution in [0.2, 0.25) is 0 Å². The highest BCUT2D eigenvalue weighted by molar-refractivity contribution is 5.68. The van der Waals surface area contributed by atoms with Gasteiger partial charge < -0.3 is 19.9 Å². The van der Waals surface area contributed by atoms with E-state index in [-0.39, 0.29) is 30.0 Å². The normalized spacial score (nSPS) is 17.9. The van der Waals surface area contributed by atoms with Crippen molar-refractivity contribution in [3.63, 3.8) is 0 Å². The van der Waals surface area contributed by atoms with Crippen LogP contribution < -0.4 is 14.8 Å². The Morgan fingerprint density at radius 2 is 2.11 bits per heavy atom. The lowest BCUT2D eigenvalue weighted by atomic mass is 9.83. The fraction of sp³-hybridized carbons (Fsp3) is 0.429. The molecule has 1 unspecified atom stereocenters. The first-order valence-corrected chi connectivity index (χ1v) is 12.4. The zero-order valence-corrected chi connectivity index (χ0v) is 21.4. The van der Waals surface area contributed by atoms with E-state index in [0.717, 1.165) is 36.8 Å². The molecule has 196 valence electrons. The molecule has 0 bridgehead atoms. The molecule has 0 aliphatic heterocycles. The summed E-state index contributed by atoms with van der Waals surface area (Å²) in [4.78, 5) is 15.7. The predicted octanol–water partition coefficient (Wildman–Crippen LogP) is 6.68. The van der Waals surface area contributed by atoms with Gasteiger partial charge in [0, 0.05) is 18.3 Å². The molecule has 3 N–H and O–H groups in total. The maximum atomic E-state index is 14.7. The van der Waals surface area contributed by atoms with Gasteiger partial charge in [-0.25, -0.2) is 14.9 Å². The largest absolute Gasteiger partial charge is 0.497 e. The van der Waals surface area contributed by atoms with Crippen LogP contribution in [0.3, 0.4) is 0 Å². The number of hydrogen-bond donors (Lipinski definition) is 3. The standard InChI is InChI=1S/C28H33FN4O4/c1-28(2)11-4-5-21(28)27(32-23-14-19(36-3)8-9-22(23)29)24(33-30)16-37-25-13-18(10-12-31-25)20(15-26(34)35)17-6-7-17/h5,8-10,12-14,17,20,30,32H,4,6-7,11,15-16H2,1-3H3,(H,34,35)/b27-24-,33-30?. The molecule has 2 aliphatic carbocycles. The maximum Gasteiger partial charge on any atom is 0.303 e. The summed E-state index contributed by atoms with van der Waals surface area (Å²) < 4.78 is 25.9. The number of allylic oxidation sites excluding steroid dienone is 2. The number of pyridine rings is 1. The minimum absolute atomic E-state index is 0.0603. The van der Waals surface area contributed by atoms with Crippen molar-refractivity contribution in [3.05, 3.63) is 71.0 Å². The molecule has 9 heteroatoms. The molecule has 8 nitrogen and oxygen atoms in total. The number of rotatable bonds is 12. The quantitative estimate of drug-likeness (QED) is 0.275. The van der Waals surface area contributed by atoms with Gasteiger partial charge in [0.25, 0.3) is 0 Å². The lowest BCUT2D eigenvalue weighted by molar-refractivity contribution is -0.137. The molecule has 0 spiro atoms. The number of benzene rings is 1. The van der Waals surface area contributed by atoms with E-state index in [0.29, 0.717) is 28.9 Å². The highest BCUT2D eigenvalue weighted by atomic mass is 19.1. The molecule has 2 aromatic rings. The number of carboxylic acids is 1. The van der Waals surface area contributed by atoms with E-state index in [4.69, 9.17) is 15.0 Å². The average molecular weight is 509 g/mol. The zero-order valence-electron chi connectivity index (χ0n) is 21.4. The van der Waals surface area contributed by atoms with Crippen LogP contribution in [-0.4, -0.2) is 29.8 Å². The number of anilines is 1. The molecular weight excluding hydrogens is 475 g/mol. The summed E-state index contributed by atoms with van der Waals surface area (Å²) in [6, 6.07) is 8.02. The molecule has 1 atom stereocenters. The van der Waals surface area contributed by atoms with Crippen LogP contribution in [0.1, 0.15) is 57.4 Å². The number of hydrogen-bond acceptors (Lipinski definition) is 7. The summed E-state index contributed by atoms with van der Waals surface area (Å²) in [5.41, 5.74) is 10.5. The van der Waals surface area contributed by atoms with E-state index in [1.807, 2.05) is 6.07 Å². The highest BCUT2D eigenvalue weighted by Gasteiger charge is 2.34. The van der Waals surface area contributed by atoms with Crippen LogP contribution in [0.5, 0.6) is 11.6 Å². The number of ether oxygens (including phenoxy) is 2. The van der Waals surface area contributed by atoms with E-state index in [9.17, 15) is 14.3 Å². The monoisotopic (exact) mass is 508 g/mol. The van der Waals surface area contributed by atoms with Crippen LogP contribution in [0.4, 0.5) is 10.1 Å². The number of aromatic nitrogens is 1. The molecule has 1 fully saturated rings.